The van der Waals surface area contributed by atoms with Gasteiger partial charge in [-0.1, -0.05) is 74.4 Å². The topological polar surface area (TPSA) is 70.6 Å². The van der Waals surface area contributed by atoms with Crippen molar-refractivity contribution in [1.29, 1.82) is 0 Å². The highest BCUT2D eigenvalue weighted by atomic mass is 16.5. The SMILES string of the molecule is CCCCC/C=C\C/C=C\C/C=C\C/C=C\CCCNC(=O)NCc1ccc(O)c(OC)c1. The highest BCUT2D eigenvalue weighted by Crippen LogP contribution is 2.26. The zero-order valence-corrected chi connectivity index (χ0v) is 20.4. The fraction of sp³-hybridized carbons (Fsp3) is 0.464. The number of ether oxygens (including phenoxy) is 1. The number of allylic oxidation sites excluding steroid dienone is 8. The third kappa shape index (κ3) is 15.5. The lowest BCUT2D eigenvalue weighted by Crippen LogP contribution is -2.35. The summed E-state index contributed by atoms with van der Waals surface area (Å²) < 4.78 is 5.07. The van der Waals surface area contributed by atoms with Gasteiger partial charge in [-0.3, -0.25) is 0 Å². The number of unbranched alkanes of at least 4 members (excludes halogenated alkanes) is 4. The Labute approximate surface area is 200 Å². The zero-order chi connectivity index (χ0) is 24.0. The van der Waals surface area contributed by atoms with E-state index in [1.807, 2.05) is 0 Å². The molecule has 182 valence electrons. The van der Waals surface area contributed by atoms with Crippen LogP contribution in [0.5, 0.6) is 11.5 Å². The molecule has 0 aliphatic carbocycles. The van der Waals surface area contributed by atoms with Gasteiger partial charge in [0.1, 0.15) is 0 Å². The summed E-state index contributed by atoms with van der Waals surface area (Å²) in [5.41, 5.74) is 0.862. The number of urea groups is 1. The maximum atomic E-state index is 11.9. The molecule has 0 bridgehead atoms. The van der Waals surface area contributed by atoms with Gasteiger partial charge in [0, 0.05) is 13.1 Å². The Morgan fingerprint density at radius 1 is 0.879 bits per heavy atom. The molecule has 0 radical (unpaired) electrons. The molecule has 0 aliphatic rings. The van der Waals surface area contributed by atoms with Gasteiger partial charge in [0.15, 0.2) is 11.5 Å². The summed E-state index contributed by atoms with van der Waals surface area (Å²) in [5, 5.41) is 15.3. The number of benzene rings is 1. The number of phenolic OH excluding ortho intramolecular Hbond substituents is 1. The van der Waals surface area contributed by atoms with E-state index in [4.69, 9.17) is 4.74 Å². The number of rotatable bonds is 17. The first kappa shape index (κ1) is 28.1. The van der Waals surface area contributed by atoms with Gasteiger partial charge in [0.05, 0.1) is 7.11 Å². The predicted octanol–water partition coefficient (Wildman–Crippen LogP) is 6.96. The van der Waals surface area contributed by atoms with Crippen LogP contribution in [-0.2, 0) is 6.54 Å². The monoisotopic (exact) mass is 454 g/mol. The number of carbonyl (C=O) groups is 1. The molecule has 1 aromatic rings. The third-order valence-corrected chi connectivity index (χ3v) is 4.99. The van der Waals surface area contributed by atoms with E-state index in [-0.39, 0.29) is 11.8 Å². The molecule has 0 aromatic heterocycles. The number of aromatic hydroxyl groups is 1. The summed E-state index contributed by atoms with van der Waals surface area (Å²) in [6, 6.07) is 4.82. The Balaban J connectivity index is 2.00. The Bertz CT molecular complexity index is 766. The van der Waals surface area contributed by atoms with Crippen LogP contribution in [0.3, 0.4) is 0 Å². The van der Waals surface area contributed by atoms with E-state index in [1.54, 1.807) is 18.2 Å². The van der Waals surface area contributed by atoms with Gasteiger partial charge in [-0.2, -0.15) is 0 Å². The fourth-order valence-corrected chi connectivity index (χ4v) is 3.06. The number of carbonyl (C=O) groups excluding carboxylic acids is 1. The van der Waals surface area contributed by atoms with Crippen LogP contribution in [0.1, 0.15) is 70.3 Å². The van der Waals surface area contributed by atoms with E-state index in [9.17, 15) is 9.90 Å². The molecule has 1 aromatic carbocycles. The summed E-state index contributed by atoms with van der Waals surface area (Å²) >= 11 is 0. The summed E-state index contributed by atoms with van der Waals surface area (Å²) in [6.07, 6.45) is 27.6. The first-order valence-electron chi connectivity index (χ1n) is 12.1. The number of methoxy groups -OCH3 is 1. The van der Waals surface area contributed by atoms with Crippen LogP contribution in [0.25, 0.3) is 0 Å². The van der Waals surface area contributed by atoms with Crippen LogP contribution < -0.4 is 15.4 Å². The van der Waals surface area contributed by atoms with E-state index < -0.39 is 0 Å². The van der Waals surface area contributed by atoms with Crippen LogP contribution in [0, 0.1) is 0 Å². The number of amides is 2. The molecule has 0 fully saturated rings. The van der Waals surface area contributed by atoms with Crippen molar-refractivity contribution in [1.82, 2.24) is 10.6 Å². The highest BCUT2D eigenvalue weighted by molar-refractivity contribution is 5.73. The van der Waals surface area contributed by atoms with Crippen LogP contribution >= 0.6 is 0 Å². The van der Waals surface area contributed by atoms with Crippen molar-refractivity contribution < 1.29 is 14.6 Å². The van der Waals surface area contributed by atoms with Crippen LogP contribution in [0.4, 0.5) is 4.79 Å². The number of hydrogen-bond acceptors (Lipinski definition) is 3. The van der Waals surface area contributed by atoms with Gasteiger partial charge in [0.2, 0.25) is 0 Å². The minimum absolute atomic E-state index is 0.0857. The lowest BCUT2D eigenvalue weighted by molar-refractivity contribution is 0.240. The van der Waals surface area contributed by atoms with Gasteiger partial charge < -0.3 is 20.5 Å². The minimum atomic E-state index is -0.200. The van der Waals surface area contributed by atoms with Crippen LogP contribution in [0.15, 0.2) is 66.8 Å². The van der Waals surface area contributed by atoms with Crippen molar-refractivity contribution in [2.45, 2.75) is 71.3 Å². The largest absolute Gasteiger partial charge is 0.504 e. The second kappa shape index (κ2) is 19.7. The van der Waals surface area contributed by atoms with E-state index in [0.29, 0.717) is 18.8 Å². The van der Waals surface area contributed by atoms with Crippen molar-refractivity contribution in [2.75, 3.05) is 13.7 Å². The Morgan fingerprint density at radius 2 is 1.48 bits per heavy atom. The average molecular weight is 455 g/mol. The normalized spacial score (nSPS) is 11.8. The first-order chi connectivity index (χ1) is 16.2. The lowest BCUT2D eigenvalue weighted by Gasteiger charge is -2.09. The summed E-state index contributed by atoms with van der Waals surface area (Å²) in [7, 11) is 1.50. The molecule has 33 heavy (non-hydrogen) atoms. The van der Waals surface area contributed by atoms with E-state index >= 15 is 0 Å². The molecule has 5 nitrogen and oxygen atoms in total. The highest BCUT2D eigenvalue weighted by Gasteiger charge is 2.04. The number of hydrogen-bond donors (Lipinski definition) is 3. The quantitative estimate of drug-likeness (QED) is 0.176. The molecular formula is C28H42N2O3. The van der Waals surface area contributed by atoms with Gasteiger partial charge >= 0.3 is 6.03 Å². The van der Waals surface area contributed by atoms with E-state index in [0.717, 1.165) is 37.7 Å². The maximum absolute atomic E-state index is 11.9. The molecule has 2 amide bonds. The Morgan fingerprint density at radius 3 is 2.09 bits per heavy atom. The molecule has 0 saturated heterocycles. The van der Waals surface area contributed by atoms with E-state index in [1.165, 1.54) is 32.8 Å². The summed E-state index contributed by atoms with van der Waals surface area (Å²) in [6.45, 7) is 3.24. The van der Waals surface area contributed by atoms with Crippen molar-refractivity contribution >= 4 is 6.03 Å². The predicted molar refractivity (Wildman–Crippen MR) is 139 cm³/mol. The third-order valence-electron chi connectivity index (χ3n) is 4.99. The van der Waals surface area contributed by atoms with Crippen molar-refractivity contribution in [3.63, 3.8) is 0 Å². The second-order valence-electron chi connectivity index (χ2n) is 7.85. The molecule has 0 aliphatic heterocycles. The molecule has 0 heterocycles. The van der Waals surface area contributed by atoms with Crippen molar-refractivity contribution in [3.05, 3.63) is 72.4 Å². The first-order valence-corrected chi connectivity index (χ1v) is 12.1. The molecule has 0 unspecified atom stereocenters. The summed E-state index contributed by atoms with van der Waals surface area (Å²) in [4.78, 5) is 11.9. The molecular weight excluding hydrogens is 412 g/mol. The van der Waals surface area contributed by atoms with Gasteiger partial charge in [-0.05, 0) is 62.6 Å². The number of nitrogens with one attached hydrogen (secondary N) is 2. The average Bonchev–Trinajstić information content (AvgIpc) is 2.82. The molecule has 0 spiro atoms. The van der Waals surface area contributed by atoms with Gasteiger partial charge in [-0.25, -0.2) is 4.79 Å². The fourth-order valence-electron chi connectivity index (χ4n) is 3.06. The number of phenols is 1. The Hall–Kier alpha value is -2.95. The minimum Gasteiger partial charge on any atom is -0.504 e. The standard InChI is InChI=1S/C28H42N2O3/c1-3-4-5-6-7-8-9-10-11-12-13-14-15-16-17-18-19-22-29-28(32)30-24-25-20-21-26(31)27(23-25)33-2/h7-8,10-11,13-14,16-17,20-21,23,31H,3-6,9,12,15,18-19,22,24H2,1-2H3,(H2,29,30,32)/b8-7-,11-10-,14-13-,17-16-. The van der Waals surface area contributed by atoms with Crippen molar-refractivity contribution in [3.8, 4) is 11.5 Å². The smallest absolute Gasteiger partial charge is 0.315 e. The van der Waals surface area contributed by atoms with E-state index in [2.05, 4.69) is 66.2 Å². The molecule has 0 saturated carbocycles. The molecule has 0 atom stereocenters. The van der Waals surface area contributed by atoms with Gasteiger partial charge in [-0.15, -0.1) is 0 Å². The molecule has 3 N–H and O–H groups in total. The van der Waals surface area contributed by atoms with Crippen LogP contribution in [-0.4, -0.2) is 24.8 Å². The second-order valence-corrected chi connectivity index (χ2v) is 7.85. The molecule has 1 rings (SSSR count). The zero-order valence-electron chi connectivity index (χ0n) is 20.4. The van der Waals surface area contributed by atoms with Crippen molar-refractivity contribution in [2.24, 2.45) is 0 Å². The van der Waals surface area contributed by atoms with Crippen LogP contribution in [0.2, 0.25) is 0 Å². The summed E-state index contributed by atoms with van der Waals surface area (Å²) in [5.74, 6) is 0.483. The Kier molecular flexibility index (Phi) is 16.8. The van der Waals surface area contributed by atoms with Gasteiger partial charge in [0.25, 0.3) is 0 Å². The molecule has 5 heteroatoms. The maximum Gasteiger partial charge on any atom is 0.315 e. The lowest BCUT2D eigenvalue weighted by atomic mass is 10.2.